The highest BCUT2D eigenvalue weighted by molar-refractivity contribution is 5.99. The van der Waals surface area contributed by atoms with Crippen LogP contribution >= 0.6 is 0 Å². The van der Waals surface area contributed by atoms with Crippen LogP contribution in [0.4, 0.5) is 0 Å². The summed E-state index contributed by atoms with van der Waals surface area (Å²) in [4.78, 5) is 9.63. The van der Waals surface area contributed by atoms with Gasteiger partial charge in [0, 0.05) is 30.0 Å². The maximum Gasteiger partial charge on any atom is 0.106 e. The summed E-state index contributed by atoms with van der Waals surface area (Å²) >= 11 is 0. The van der Waals surface area contributed by atoms with E-state index in [1.54, 1.807) is 0 Å². The molecule has 0 heterocycles. The summed E-state index contributed by atoms with van der Waals surface area (Å²) in [6, 6.07) is 0. The fourth-order valence-corrected chi connectivity index (χ4v) is 7.42. The molecule has 0 radical (unpaired) electrons. The normalized spacial score (nSPS) is 51.2. The molecule has 6 unspecified atom stereocenters. The summed E-state index contributed by atoms with van der Waals surface area (Å²) < 4.78 is 0. The second kappa shape index (κ2) is 6.89. The Kier molecular flexibility index (Phi) is 4.99. The molecule has 6 heteroatoms. The number of oxime groups is 1. The Balaban J connectivity index is 1.84. The Morgan fingerprint density at radius 2 is 1.86 bits per heavy atom. The summed E-state index contributed by atoms with van der Waals surface area (Å²) in [6.45, 7) is 6.50. The second-order valence-corrected chi connectivity index (χ2v) is 10.3. The zero-order valence-electron chi connectivity index (χ0n) is 18.4. The number of hydrogen-bond acceptors (Lipinski definition) is 6. The van der Waals surface area contributed by atoms with Crippen molar-refractivity contribution in [2.75, 3.05) is 14.2 Å². The highest BCUT2D eigenvalue weighted by atomic mass is 16.6. The molecular formula is C23H36N2O4. The summed E-state index contributed by atoms with van der Waals surface area (Å²) in [5, 5.41) is 37.3. The van der Waals surface area contributed by atoms with Crippen LogP contribution in [0.5, 0.6) is 0 Å². The molecule has 0 aromatic heterocycles. The van der Waals surface area contributed by atoms with Gasteiger partial charge in [0.25, 0.3) is 0 Å². The van der Waals surface area contributed by atoms with Gasteiger partial charge in [-0.15, -0.1) is 0 Å². The SMILES string of the molecule is CN=C(C)C1CC[C@@]2(O)C3=C/C(=N\OC)C4C[C@@H](O)C(O)CC4(C)C3CCC12C. The molecular weight excluding hydrogens is 368 g/mol. The molecule has 0 bridgehead atoms. The Bertz CT molecular complexity index is 777. The number of aliphatic imine (C=N–C) groups is 1. The summed E-state index contributed by atoms with van der Waals surface area (Å²) in [5.41, 5.74) is 1.53. The first-order chi connectivity index (χ1) is 13.6. The molecule has 0 amide bonds. The van der Waals surface area contributed by atoms with Crippen molar-refractivity contribution in [1.82, 2.24) is 0 Å². The van der Waals surface area contributed by atoms with Crippen LogP contribution < -0.4 is 0 Å². The van der Waals surface area contributed by atoms with E-state index in [1.165, 1.54) is 7.11 Å². The van der Waals surface area contributed by atoms with E-state index in [-0.39, 0.29) is 28.6 Å². The van der Waals surface area contributed by atoms with Gasteiger partial charge in [0.05, 0.1) is 23.5 Å². The summed E-state index contributed by atoms with van der Waals surface area (Å²) in [7, 11) is 3.38. The molecule has 29 heavy (non-hydrogen) atoms. The minimum Gasteiger partial charge on any atom is -0.399 e. The maximum absolute atomic E-state index is 12.2. The van der Waals surface area contributed by atoms with Gasteiger partial charge in [-0.2, -0.15) is 0 Å². The minimum absolute atomic E-state index is 0.0127. The molecule has 3 saturated carbocycles. The van der Waals surface area contributed by atoms with Crippen LogP contribution in [0, 0.1) is 28.6 Å². The fourth-order valence-electron chi connectivity index (χ4n) is 7.42. The average Bonchev–Trinajstić information content (AvgIpc) is 2.95. The van der Waals surface area contributed by atoms with Crippen molar-refractivity contribution in [3.8, 4) is 0 Å². The van der Waals surface area contributed by atoms with Gasteiger partial charge in [-0.25, -0.2) is 0 Å². The summed E-state index contributed by atoms with van der Waals surface area (Å²) in [6.07, 6.45) is 5.09. The van der Waals surface area contributed by atoms with Gasteiger partial charge in [0.15, 0.2) is 0 Å². The van der Waals surface area contributed by atoms with E-state index in [0.29, 0.717) is 12.8 Å². The molecule has 8 atom stereocenters. The van der Waals surface area contributed by atoms with Crippen molar-refractivity contribution in [1.29, 1.82) is 0 Å². The molecule has 3 N–H and O–H groups in total. The van der Waals surface area contributed by atoms with E-state index in [2.05, 4.69) is 37.0 Å². The van der Waals surface area contributed by atoms with Gasteiger partial charge in [-0.1, -0.05) is 19.0 Å². The zero-order valence-corrected chi connectivity index (χ0v) is 18.4. The molecule has 4 aliphatic rings. The lowest BCUT2D eigenvalue weighted by Gasteiger charge is -2.60. The van der Waals surface area contributed by atoms with Gasteiger partial charge in [0.1, 0.15) is 7.11 Å². The Morgan fingerprint density at radius 3 is 2.52 bits per heavy atom. The monoisotopic (exact) mass is 404 g/mol. The van der Waals surface area contributed by atoms with E-state index in [1.807, 2.05) is 7.05 Å². The number of rotatable bonds is 2. The lowest BCUT2D eigenvalue weighted by atomic mass is 9.46. The van der Waals surface area contributed by atoms with Crippen LogP contribution in [0.2, 0.25) is 0 Å². The van der Waals surface area contributed by atoms with Crippen LogP contribution in [0.25, 0.3) is 0 Å². The zero-order chi connectivity index (χ0) is 21.2. The van der Waals surface area contributed by atoms with Crippen LogP contribution in [-0.4, -0.2) is 58.7 Å². The molecule has 6 nitrogen and oxygen atoms in total. The predicted octanol–water partition coefficient (Wildman–Crippen LogP) is 2.72. The molecule has 162 valence electrons. The number of hydrogen-bond donors (Lipinski definition) is 3. The van der Waals surface area contributed by atoms with Crippen molar-refractivity contribution in [2.45, 2.75) is 77.1 Å². The molecule has 0 aromatic rings. The highest BCUT2D eigenvalue weighted by Crippen LogP contribution is 2.67. The van der Waals surface area contributed by atoms with Crippen molar-refractivity contribution in [2.24, 2.45) is 38.7 Å². The number of aliphatic hydroxyl groups is 3. The van der Waals surface area contributed by atoms with Gasteiger partial charge in [-0.05, 0) is 68.4 Å². The van der Waals surface area contributed by atoms with E-state index in [4.69, 9.17) is 4.84 Å². The topological polar surface area (TPSA) is 94.6 Å². The van der Waals surface area contributed by atoms with Crippen molar-refractivity contribution in [3.63, 3.8) is 0 Å². The van der Waals surface area contributed by atoms with Crippen molar-refractivity contribution in [3.05, 3.63) is 11.6 Å². The smallest absolute Gasteiger partial charge is 0.106 e. The first kappa shape index (κ1) is 21.0. The lowest BCUT2D eigenvalue weighted by molar-refractivity contribution is -0.115. The standard InChI is InChI=1S/C23H36N2O4/c1-13(24-4)14-7-9-23(28)16-10-18(25-29-5)17-11-19(26)20(27)12-21(17,2)15(16)6-8-22(14,23)3/h10,14-15,17,19-20,26-28H,6-9,11-12H2,1-5H3/b24-13?,25-18+/t14?,15?,17?,19-,20?,21?,22?,23-/m1/s1. The summed E-state index contributed by atoms with van der Waals surface area (Å²) in [5.74, 6) is 0.450. The molecule has 0 aromatic carbocycles. The van der Waals surface area contributed by atoms with E-state index in [9.17, 15) is 15.3 Å². The van der Waals surface area contributed by atoms with Crippen LogP contribution in [-0.2, 0) is 4.84 Å². The largest absolute Gasteiger partial charge is 0.399 e. The van der Waals surface area contributed by atoms with E-state index in [0.717, 1.165) is 42.7 Å². The molecule has 4 rings (SSSR count). The number of nitrogens with zero attached hydrogens (tertiary/aromatic N) is 2. The van der Waals surface area contributed by atoms with Crippen LogP contribution in [0.3, 0.4) is 0 Å². The molecule has 0 saturated heterocycles. The third-order valence-electron chi connectivity index (χ3n) is 9.19. The number of aliphatic hydroxyl groups excluding tert-OH is 2. The third kappa shape index (κ3) is 2.71. The van der Waals surface area contributed by atoms with Crippen molar-refractivity contribution >= 4 is 11.4 Å². The second-order valence-electron chi connectivity index (χ2n) is 10.3. The quantitative estimate of drug-likeness (QED) is 0.487. The first-order valence-electron chi connectivity index (χ1n) is 11.0. The molecule has 0 spiro atoms. The predicted molar refractivity (Wildman–Crippen MR) is 113 cm³/mol. The van der Waals surface area contributed by atoms with Gasteiger partial charge < -0.3 is 20.2 Å². The Hall–Kier alpha value is -1.24. The molecule has 4 aliphatic carbocycles. The first-order valence-corrected chi connectivity index (χ1v) is 11.0. The molecule has 3 fully saturated rings. The van der Waals surface area contributed by atoms with Crippen LogP contribution in [0.1, 0.15) is 59.3 Å². The third-order valence-corrected chi connectivity index (χ3v) is 9.19. The Labute approximate surface area is 173 Å². The van der Waals surface area contributed by atoms with Gasteiger partial charge >= 0.3 is 0 Å². The lowest BCUT2D eigenvalue weighted by Crippen LogP contribution is -2.61. The number of allylic oxidation sites excluding steroid dienone is 1. The minimum atomic E-state index is -0.907. The fraction of sp³-hybridized carbons (Fsp3) is 0.826. The average molecular weight is 405 g/mol. The molecule has 0 aliphatic heterocycles. The maximum atomic E-state index is 12.2. The van der Waals surface area contributed by atoms with Crippen LogP contribution in [0.15, 0.2) is 21.8 Å². The van der Waals surface area contributed by atoms with Gasteiger partial charge in [0.2, 0.25) is 0 Å². The van der Waals surface area contributed by atoms with Gasteiger partial charge in [-0.3, -0.25) is 4.99 Å². The van der Waals surface area contributed by atoms with Crippen molar-refractivity contribution < 1.29 is 20.2 Å². The Morgan fingerprint density at radius 1 is 1.14 bits per heavy atom. The highest BCUT2D eigenvalue weighted by Gasteiger charge is 2.66. The number of fused-ring (bicyclic) bond motifs is 5. The van der Waals surface area contributed by atoms with E-state index < -0.39 is 17.8 Å². The van der Waals surface area contributed by atoms with E-state index >= 15 is 0 Å².